The lowest BCUT2D eigenvalue weighted by Gasteiger charge is -2.08. The van der Waals surface area contributed by atoms with Crippen molar-refractivity contribution in [3.8, 4) is 17.3 Å². The Kier molecular flexibility index (Phi) is 2.96. The zero-order valence-corrected chi connectivity index (χ0v) is 11.4. The van der Waals surface area contributed by atoms with Crippen LogP contribution in [0.25, 0.3) is 16.9 Å². The van der Waals surface area contributed by atoms with Gasteiger partial charge in [0.05, 0.1) is 23.4 Å². The summed E-state index contributed by atoms with van der Waals surface area (Å²) in [6.07, 6.45) is 3.49. The number of rotatable bonds is 2. The predicted octanol–water partition coefficient (Wildman–Crippen LogP) is 3.33. The van der Waals surface area contributed by atoms with Crippen LogP contribution in [0.4, 0.5) is 0 Å². The standard InChI is InChI=1S/C16H14N4/c1-11(10-17)16-15(13-6-8-18-9-7-13)19-14-5-3-4-12(2)20(14)16/h3-9,11H,1-2H3. The lowest BCUT2D eigenvalue weighted by molar-refractivity contribution is 0.882. The van der Waals surface area contributed by atoms with Gasteiger partial charge in [0.25, 0.3) is 0 Å². The Morgan fingerprint density at radius 3 is 2.65 bits per heavy atom. The number of imidazole rings is 1. The Morgan fingerprint density at radius 2 is 1.95 bits per heavy atom. The van der Waals surface area contributed by atoms with Gasteiger partial charge in [-0.05, 0) is 38.1 Å². The summed E-state index contributed by atoms with van der Waals surface area (Å²) in [4.78, 5) is 8.73. The fraction of sp³-hybridized carbons (Fsp3) is 0.188. The number of nitriles is 1. The van der Waals surface area contributed by atoms with Crippen molar-refractivity contribution < 1.29 is 0 Å². The smallest absolute Gasteiger partial charge is 0.137 e. The van der Waals surface area contributed by atoms with Gasteiger partial charge in [-0.3, -0.25) is 9.38 Å². The zero-order chi connectivity index (χ0) is 14.1. The quantitative estimate of drug-likeness (QED) is 0.711. The summed E-state index contributed by atoms with van der Waals surface area (Å²) in [7, 11) is 0. The number of hydrogen-bond donors (Lipinski definition) is 0. The summed E-state index contributed by atoms with van der Waals surface area (Å²) in [5.74, 6) is -0.228. The Balaban J connectivity index is 2.38. The van der Waals surface area contributed by atoms with E-state index in [1.165, 1.54) is 0 Å². The highest BCUT2D eigenvalue weighted by molar-refractivity contribution is 5.67. The first-order chi connectivity index (χ1) is 9.72. The van der Waals surface area contributed by atoms with Gasteiger partial charge in [-0.2, -0.15) is 5.26 Å². The monoisotopic (exact) mass is 262 g/mol. The molecule has 1 unspecified atom stereocenters. The van der Waals surface area contributed by atoms with Gasteiger partial charge in [-0.1, -0.05) is 6.07 Å². The Morgan fingerprint density at radius 1 is 1.20 bits per heavy atom. The first kappa shape index (κ1) is 12.4. The molecule has 3 aromatic rings. The second kappa shape index (κ2) is 4.78. The highest BCUT2D eigenvalue weighted by Crippen LogP contribution is 2.30. The highest BCUT2D eigenvalue weighted by Gasteiger charge is 2.19. The Bertz CT molecular complexity index is 796. The van der Waals surface area contributed by atoms with E-state index in [1.807, 2.05) is 44.2 Å². The molecule has 98 valence electrons. The van der Waals surface area contributed by atoms with Crippen LogP contribution in [0, 0.1) is 18.3 Å². The van der Waals surface area contributed by atoms with E-state index >= 15 is 0 Å². The van der Waals surface area contributed by atoms with Crippen LogP contribution in [0.5, 0.6) is 0 Å². The first-order valence-electron chi connectivity index (χ1n) is 6.50. The molecule has 0 amide bonds. The van der Waals surface area contributed by atoms with E-state index in [1.54, 1.807) is 12.4 Å². The summed E-state index contributed by atoms with van der Waals surface area (Å²) < 4.78 is 2.06. The second-order valence-corrected chi connectivity index (χ2v) is 4.79. The van der Waals surface area contributed by atoms with Crippen molar-refractivity contribution >= 4 is 5.65 Å². The first-order valence-corrected chi connectivity index (χ1v) is 6.50. The van der Waals surface area contributed by atoms with Gasteiger partial charge in [0.1, 0.15) is 5.65 Å². The molecule has 1 atom stereocenters. The van der Waals surface area contributed by atoms with Gasteiger partial charge in [0.2, 0.25) is 0 Å². The van der Waals surface area contributed by atoms with Gasteiger partial charge in [0, 0.05) is 23.7 Å². The summed E-state index contributed by atoms with van der Waals surface area (Å²) in [6.45, 7) is 3.93. The van der Waals surface area contributed by atoms with E-state index < -0.39 is 0 Å². The fourth-order valence-corrected chi connectivity index (χ4v) is 2.46. The maximum Gasteiger partial charge on any atom is 0.137 e. The minimum Gasteiger partial charge on any atom is -0.299 e. The number of aromatic nitrogens is 3. The molecule has 0 N–H and O–H groups in total. The van der Waals surface area contributed by atoms with E-state index in [4.69, 9.17) is 4.98 Å². The molecule has 0 radical (unpaired) electrons. The van der Waals surface area contributed by atoms with Crippen molar-refractivity contribution in [1.29, 1.82) is 5.26 Å². The predicted molar refractivity (Wildman–Crippen MR) is 77.2 cm³/mol. The third kappa shape index (κ3) is 1.84. The minimum absolute atomic E-state index is 0.228. The SMILES string of the molecule is Cc1cccc2nc(-c3ccncc3)c(C(C)C#N)n12. The number of pyridine rings is 2. The molecule has 0 spiro atoms. The van der Waals surface area contributed by atoms with Gasteiger partial charge in [-0.25, -0.2) is 4.98 Å². The van der Waals surface area contributed by atoms with Crippen molar-refractivity contribution in [1.82, 2.24) is 14.4 Å². The van der Waals surface area contributed by atoms with Gasteiger partial charge >= 0.3 is 0 Å². The van der Waals surface area contributed by atoms with Crippen LogP contribution < -0.4 is 0 Å². The van der Waals surface area contributed by atoms with Crippen molar-refractivity contribution in [3.05, 3.63) is 54.1 Å². The van der Waals surface area contributed by atoms with Gasteiger partial charge in [-0.15, -0.1) is 0 Å². The van der Waals surface area contributed by atoms with E-state index in [0.29, 0.717) is 0 Å². The molecule has 0 aromatic carbocycles. The van der Waals surface area contributed by atoms with Crippen LogP contribution in [-0.2, 0) is 0 Å². The van der Waals surface area contributed by atoms with Crippen LogP contribution in [-0.4, -0.2) is 14.4 Å². The second-order valence-electron chi connectivity index (χ2n) is 4.79. The third-order valence-electron chi connectivity index (χ3n) is 3.43. The molecule has 0 aliphatic carbocycles. The largest absolute Gasteiger partial charge is 0.299 e. The van der Waals surface area contributed by atoms with Crippen molar-refractivity contribution in [3.63, 3.8) is 0 Å². The molecule has 0 aliphatic rings. The highest BCUT2D eigenvalue weighted by atomic mass is 15.0. The third-order valence-corrected chi connectivity index (χ3v) is 3.43. The summed E-state index contributed by atoms with van der Waals surface area (Å²) in [6, 6.07) is 12.1. The van der Waals surface area contributed by atoms with E-state index in [9.17, 15) is 5.26 Å². The number of fused-ring (bicyclic) bond motifs is 1. The normalized spacial score (nSPS) is 12.2. The van der Waals surface area contributed by atoms with E-state index in [-0.39, 0.29) is 5.92 Å². The molecular weight excluding hydrogens is 248 g/mol. The average Bonchev–Trinajstić information content (AvgIpc) is 2.88. The zero-order valence-electron chi connectivity index (χ0n) is 11.4. The molecule has 0 saturated heterocycles. The van der Waals surface area contributed by atoms with Crippen LogP contribution in [0.15, 0.2) is 42.7 Å². The summed E-state index contributed by atoms with van der Waals surface area (Å²) in [5.41, 5.74) is 4.73. The molecule has 4 heteroatoms. The maximum atomic E-state index is 9.32. The van der Waals surface area contributed by atoms with Gasteiger partial charge < -0.3 is 0 Å². The van der Waals surface area contributed by atoms with Crippen LogP contribution in [0.3, 0.4) is 0 Å². The fourth-order valence-electron chi connectivity index (χ4n) is 2.46. The molecule has 0 fully saturated rings. The van der Waals surface area contributed by atoms with E-state index in [0.717, 1.165) is 28.3 Å². The summed E-state index contributed by atoms with van der Waals surface area (Å²) >= 11 is 0. The maximum absolute atomic E-state index is 9.32. The lowest BCUT2D eigenvalue weighted by Crippen LogP contribution is -2.01. The van der Waals surface area contributed by atoms with Crippen molar-refractivity contribution in [2.45, 2.75) is 19.8 Å². The molecular formula is C16H14N4. The molecule has 3 heterocycles. The molecule has 0 saturated carbocycles. The van der Waals surface area contributed by atoms with Crippen molar-refractivity contribution in [2.24, 2.45) is 0 Å². The van der Waals surface area contributed by atoms with Crippen LogP contribution >= 0.6 is 0 Å². The number of aryl methyl sites for hydroxylation is 1. The topological polar surface area (TPSA) is 54.0 Å². The number of nitrogens with zero attached hydrogens (tertiary/aromatic N) is 4. The van der Waals surface area contributed by atoms with Gasteiger partial charge in [0.15, 0.2) is 0 Å². The molecule has 0 bridgehead atoms. The minimum atomic E-state index is -0.228. The summed E-state index contributed by atoms with van der Waals surface area (Å²) in [5, 5.41) is 9.32. The molecule has 3 rings (SSSR count). The lowest BCUT2D eigenvalue weighted by atomic mass is 10.0. The van der Waals surface area contributed by atoms with Crippen LogP contribution in [0.2, 0.25) is 0 Å². The molecule has 20 heavy (non-hydrogen) atoms. The average molecular weight is 262 g/mol. The molecule has 3 aromatic heterocycles. The van der Waals surface area contributed by atoms with Crippen LogP contribution in [0.1, 0.15) is 24.2 Å². The van der Waals surface area contributed by atoms with Crippen molar-refractivity contribution in [2.75, 3.05) is 0 Å². The number of hydrogen-bond acceptors (Lipinski definition) is 3. The molecule has 0 aliphatic heterocycles. The Labute approximate surface area is 117 Å². The molecule has 4 nitrogen and oxygen atoms in total. The Hall–Kier alpha value is -2.67. The van der Waals surface area contributed by atoms with E-state index in [2.05, 4.69) is 15.5 Å².